The maximum absolute atomic E-state index is 10.5. The minimum absolute atomic E-state index is 0.122. The molecule has 2 atom stereocenters. The van der Waals surface area contributed by atoms with Gasteiger partial charge in [0.05, 0.1) is 12.0 Å². The van der Waals surface area contributed by atoms with Crippen LogP contribution in [0.25, 0.3) is 0 Å². The molecule has 0 fully saturated rings. The van der Waals surface area contributed by atoms with Gasteiger partial charge in [-0.25, -0.2) is 4.98 Å². The highest BCUT2D eigenvalue weighted by atomic mass is 32.1. The molecule has 0 radical (unpaired) electrons. The van der Waals surface area contributed by atoms with Gasteiger partial charge in [0.1, 0.15) is 5.01 Å². The molecular weight excluding hydrogens is 200 g/mol. The first-order chi connectivity index (χ1) is 6.61. The van der Waals surface area contributed by atoms with Crippen LogP contribution >= 0.6 is 11.3 Å². The van der Waals surface area contributed by atoms with E-state index in [1.807, 2.05) is 12.3 Å². The summed E-state index contributed by atoms with van der Waals surface area (Å²) in [5.74, 6) is -1.14. The summed E-state index contributed by atoms with van der Waals surface area (Å²) in [7, 11) is 0. The van der Waals surface area contributed by atoms with Crippen LogP contribution in [0.2, 0.25) is 0 Å². The molecule has 0 spiro atoms. The Morgan fingerprint density at radius 2 is 2.43 bits per heavy atom. The van der Waals surface area contributed by atoms with E-state index >= 15 is 0 Å². The van der Waals surface area contributed by atoms with Crippen LogP contribution in [0.3, 0.4) is 0 Å². The molecule has 2 unspecified atom stereocenters. The van der Waals surface area contributed by atoms with Gasteiger partial charge in [-0.15, -0.1) is 11.3 Å². The first-order valence-electron chi connectivity index (χ1n) is 4.47. The molecule has 1 heterocycles. The van der Waals surface area contributed by atoms with Crippen LogP contribution in [0.1, 0.15) is 24.9 Å². The van der Waals surface area contributed by atoms with E-state index < -0.39 is 5.97 Å². The largest absolute Gasteiger partial charge is 0.481 e. The number of hydrogen-bond acceptors (Lipinski definition) is 4. The standard InChI is InChI=1S/C9H14N2O2S/c1-6(9(12)13)5-11-7(2)8-10-3-4-14-8/h3-4,6-7,11H,5H2,1-2H3,(H,12,13). The number of carbonyl (C=O) groups is 1. The van der Waals surface area contributed by atoms with Gasteiger partial charge in [-0.1, -0.05) is 6.92 Å². The van der Waals surface area contributed by atoms with Crippen molar-refractivity contribution in [1.29, 1.82) is 0 Å². The fourth-order valence-electron chi connectivity index (χ4n) is 0.977. The van der Waals surface area contributed by atoms with E-state index in [0.29, 0.717) is 6.54 Å². The molecule has 0 aromatic carbocycles. The van der Waals surface area contributed by atoms with Gasteiger partial charge in [0.2, 0.25) is 0 Å². The quantitative estimate of drug-likeness (QED) is 0.780. The predicted molar refractivity (Wildman–Crippen MR) is 55.3 cm³/mol. The lowest BCUT2D eigenvalue weighted by atomic mass is 10.2. The Morgan fingerprint density at radius 1 is 1.71 bits per heavy atom. The first-order valence-corrected chi connectivity index (χ1v) is 5.34. The summed E-state index contributed by atoms with van der Waals surface area (Å²) in [6.07, 6.45) is 1.75. The third-order valence-corrected chi connectivity index (χ3v) is 2.93. The highest BCUT2D eigenvalue weighted by Crippen LogP contribution is 2.14. The molecule has 1 aromatic heterocycles. The highest BCUT2D eigenvalue weighted by Gasteiger charge is 2.13. The Labute approximate surface area is 87.0 Å². The molecule has 5 heteroatoms. The monoisotopic (exact) mass is 214 g/mol. The number of nitrogens with zero attached hydrogens (tertiary/aromatic N) is 1. The van der Waals surface area contributed by atoms with Crippen molar-refractivity contribution in [1.82, 2.24) is 10.3 Å². The molecule has 0 saturated carbocycles. The van der Waals surface area contributed by atoms with E-state index in [1.165, 1.54) is 0 Å². The van der Waals surface area contributed by atoms with E-state index in [9.17, 15) is 4.79 Å². The number of nitrogens with one attached hydrogen (secondary N) is 1. The molecule has 0 bridgehead atoms. The second-order valence-electron chi connectivity index (χ2n) is 3.24. The zero-order valence-corrected chi connectivity index (χ0v) is 9.04. The van der Waals surface area contributed by atoms with Crippen molar-refractivity contribution < 1.29 is 9.90 Å². The smallest absolute Gasteiger partial charge is 0.307 e. The second-order valence-corrected chi connectivity index (χ2v) is 4.17. The number of rotatable bonds is 5. The number of aliphatic carboxylic acids is 1. The van der Waals surface area contributed by atoms with Crippen LogP contribution in [0.5, 0.6) is 0 Å². The maximum Gasteiger partial charge on any atom is 0.307 e. The third kappa shape index (κ3) is 3.08. The lowest BCUT2D eigenvalue weighted by molar-refractivity contribution is -0.140. The molecule has 0 aliphatic heterocycles. The van der Waals surface area contributed by atoms with E-state index in [1.54, 1.807) is 24.5 Å². The molecule has 1 aromatic rings. The number of aromatic nitrogens is 1. The average molecular weight is 214 g/mol. The summed E-state index contributed by atoms with van der Waals surface area (Å²) in [6.45, 7) is 4.13. The number of thiazole rings is 1. The van der Waals surface area contributed by atoms with Crippen molar-refractivity contribution in [3.63, 3.8) is 0 Å². The van der Waals surface area contributed by atoms with E-state index in [-0.39, 0.29) is 12.0 Å². The van der Waals surface area contributed by atoms with Gasteiger partial charge in [-0.05, 0) is 6.92 Å². The first kappa shape index (κ1) is 11.1. The van der Waals surface area contributed by atoms with Crippen molar-refractivity contribution >= 4 is 17.3 Å². The van der Waals surface area contributed by atoms with Crippen LogP contribution in [0.4, 0.5) is 0 Å². The number of hydrogen-bond donors (Lipinski definition) is 2. The second kappa shape index (κ2) is 5.07. The fraction of sp³-hybridized carbons (Fsp3) is 0.556. The molecule has 1 rings (SSSR count). The fourth-order valence-corrected chi connectivity index (χ4v) is 1.65. The molecule has 78 valence electrons. The third-order valence-electron chi connectivity index (χ3n) is 1.97. The van der Waals surface area contributed by atoms with Crippen molar-refractivity contribution in [3.8, 4) is 0 Å². The summed E-state index contributed by atoms with van der Waals surface area (Å²) in [6, 6.07) is 0.122. The van der Waals surface area contributed by atoms with Crippen LogP contribution < -0.4 is 5.32 Å². The summed E-state index contributed by atoms with van der Waals surface area (Å²) < 4.78 is 0. The molecular formula is C9H14N2O2S. The van der Waals surface area contributed by atoms with Gasteiger partial charge < -0.3 is 10.4 Å². The highest BCUT2D eigenvalue weighted by molar-refractivity contribution is 7.09. The van der Waals surface area contributed by atoms with Gasteiger partial charge in [0.25, 0.3) is 0 Å². The normalized spacial score (nSPS) is 15.0. The molecule has 4 nitrogen and oxygen atoms in total. The van der Waals surface area contributed by atoms with Crippen LogP contribution in [0, 0.1) is 5.92 Å². The minimum atomic E-state index is -0.774. The lowest BCUT2D eigenvalue weighted by Gasteiger charge is -2.12. The molecule has 0 aliphatic rings. The lowest BCUT2D eigenvalue weighted by Crippen LogP contribution is -2.28. The van der Waals surface area contributed by atoms with Gasteiger partial charge in [0, 0.05) is 18.1 Å². The molecule has 14 heavy (non-hydrogen) atoms. The molecule has 2 N–H and O–H groups in total. The summed E-state index contributed by atoms with van der Waals surface area (Å²) in [5.41, 5.74) is 0. The summed E-state index contributed by atoms with van der Waals surface area (Å²) >= 11 is 1.57. The zero-order valence-electron chi connectivity index (χ0n) is 8.23. The minimum Gasteiger partial charge on any atom is -0.481 e. The Kier molecular flexibility index (Phi) is 4.03. The molecule has 0 aliphatic carbocycles. The Morgan fingerprint density at radius 3 is 2.93 bits per heavy atom. The van der Waals surface area contributed by atoms with Crippen LogP contribution in [-0.2, 0) is 4.79 Å². The van der Waals surface area contributed by atoms with Crippen molar-refractivity contribution in [2.24, 2.45) is 5.92 Å². The topological polar surface area (TPSA) is 62.2 Å². The van der Waals surface area contributed by atoms with Crippen LogP contribution in [-0.4, -0.2) is 22.6 Å². The predicted octanol–water partition coefficient (Wildman–Crippen LogP) is 1.51. The Balaban J connectivity index is 2.35. The van der Waals surface area contributed by atoms with Gasteiger partial charge >= 0.3 is 5.97 Å². The summed E-state index contributed by atoms with van der Waals surface area (Å²) in [5, 5.41) is 14.7. The van der Waals surface area contributed by atoms with Gasteiger partial charge in [-0.3, -0.25) is 4.79 Å². The Bertz CT molecular complexity index is 287. The van der Waals surface area contributed by atoms with E-state index in [0.717, 1.165) is 5.01 Å². The van der Waals surface area contributed by atoms with Gasteiger partial charge in [-0.2, -0.15) is 0 Å². The summed E-state index contributed by atoms with van der Waals surface area (Å²) in [4.78, 5) is 14.7. The van der Waals surface area contributed by atoms with Gasteiger partial charge in [0.15, 0.2) is 0 Å². The number of carboxylic acids is 1. The SMILES string of the molecule is CC(CNC(C)c1nccs1)C(=O)O. The van der Waals surface area contributed by atoms with Crippen molar-refractivity contribution in [2.45, 2.75) is 19.9 Å². The van der Waals surface area contributed by atoms with Crippen LogP contribution in [0.15, 0.2) is 11.6 Å². The van der Waals surface area contributed by atoms with Crippen molar-refractivity contribution in [2.75, 3.05) is 6.54 Å². The zero-order chi connectivity index (χ0) is 10.6. The van der Waals surface area contributed by atoms with E-state index in [4.69, 9.17) is 5.11 Å². The molecule has 0 amide bonds. The average Bonchev–Trinajstić information content (AvgIpc) is 2.66. The van der Waals surface area contributed by atoms with Crippen molar-refractivity contribution in [3.05, 3.63) is 16.6 Å². The molecule has 0 saturated heterocycles. The maximum atomic E-state index is 10.5. The van der Waals surface area contributed by atoms with E-state index in [2.05, 4.69) is 10.3 Å². The Hall–Kier alpha value is -0.940. The number of carboxylic acid groups (broad SMARTS) is 1.